The predicted octanol–water partition coefficient (Wildman–Crippen LogP) is 3.64. The molecule has 0 aliphatic rings. The summed E-state index contributed by atoms with van der Waals surface area (Å²) < 4.78 is 18.8. The number of halogens is 2. The van der Waals surface area contributed by atoms with Gasteiger partial charge in [-0.05, 0) is 61.7 Å². The lowest BCUT2D eigenvalue weighted by Crippen LogP contribution is -2.48. The summed E-state index contributed by atoms with van der Waals surface area (Å²) in [6.07, 6.45) is 0. The molecule has 28 heavy (non-hydrogen) atoms. The highest BCUT2D eigenvalue weighted by molar-refractivity contribution is 6.32. The lowest BCUT2D eigenvalue weighted by Gasteiger charge is -2.28. The van der Waals surface area contributed by atoms with E-state index in [0.29, 0.717) is 16.3 Å². The third-order valence-corrected chi connectivity index (χ3v) is 5.05. The molecule has 0 fully saturated rings. The van der Waals surface area contributed by atoms with Crippen molar-refractivity contribution in [2.24, 2.45) is 0 Å². The van der Waals surface area contributed by atoms with Crippen molar-refractivity contribution in [3.8, 4) is 5.75 Å². The van der Waals surface area contributed by atoms with E-state index in [9.17, 15) is 14.0 Å². The van der Waals surface area contributed by atoms with Gasteiger partial charge in [0.1, 0.15) is 17.6 Å². The summed E-state index contributed by atoms with van der Waals surface area (Å²) in [6, 6.07) is 8.61. The van der Waals surface area contributed by atoms with Crippen molar-refractivity contribution in [3.63, 3.8) is 0 Å². The molecule has 0 aliphatic heterocycles. The van der Waals surface area contributed by atoms with Crippen LogP contribution in [0.3, 0.4) is 0 Å². The van der Waals surface area contributed by atoms with Crippen LogP contribution in [0, 0.1) is 19.7 Å². The van der Waals surface area contributed by atoms with Crippen LogP contribution in [-0.2, 0) is 16.1 Å². The van der Waals surface area contributed by atoms with Gasteiger partial charge in [-0.25, -0.2) is 4.39 Å². The second kappa shape index (κ2) is 9.55. The molecule has 0 radical (unpaired) electrons. The zero-order valence-electron chi connectivity index (χ0n) is 16.4. The molecule has 0 spiro atoms. The van der Waals surface area contributed by atoms with E-state index in [1.807, 2.05) is 13.8 Å². The average molecular weight is 407 g/mol. The van der Waals surface area contributed by atoms with Crippen molar-refractivity contribution in [1.29, 1.82) is 0 Å². The fraction of sp³-hybridized carbons (Fsp3) is 0.333. The Hall–Kier alpha value is -2.60. The van der Waals surface area contributed by atoms with Crippen LogP contribution in [0.15, 0.2) is 36.4 Å². The monoisotopic (exact) mass is 406 g/mol. The van der Waals surface area contributed by atoms with Crippen LogP contribution in [0.1, 0.15) is 23.6 Å². The van der Waals surface area contributed by atoms with Gasteiger partial charge in [0.2, 0.25) is 5.91 Å². The third kappa shape index (κ3) is 5.45. The first-order chi connectivity index (χ1) is 13.2. The number of aryl methyl sites for hydroxylation is 2. The van der Waals surface area contributed by atoms with Crippen molar-refractivity contribution in [3.05, 3.63) is 63.9 Å². The molecule has 0 saturated carbocycles. The normalized spacial score (nSPS) is 11.6. The average Bonchev–Trinajstić information content (AvgIpc) is 2.68. The Kier molecular flexibility index (Phi) is 7.40. The Morgan fingerprint density at radius 2 is 1.75 bits per heavy atom. The molecule has 7 heteroatoms. The van der Waals surface area contributed by atoms with Crippen LogP contribution in [0.25, 0.3) is 0 Å². The Morgan fingerprint density at radius 1 is 1.18 bits per heavy atom. The van der Waals surface area contributed by atoms with Crippen LogP contribution in [0.4, 0.5) is 4.39 Å². The molecule has 0 unspecified atom stereocenters. The Morgan fingerprint density at radius 3 is 2.29 bits per heavy atom. The first-order valence-electron chi connectivity index (χ1n) is 8.88. The highest BCUT2D eigenvalue weighted by Crippen LogP contribution is 2.26. The molecule has 2 rings (SSSR count). The number of carbonyl (C=O) groups excluding carboxylic acids is 2. The van der Waals surface area contributed by atoms with E-state index in [2.05, 4.69) is 5.32 Å². The Balaban J connectivity index is 2.16. The Bertz CT molecular complexity index is 832. The molecule has 2 aromatic carbocycles. The molecular weight excluding hydrogens is 383 g/mol. The van der Waals surface area contributed by atoms with Crippen LogP contribution in [-0.4, -0.2) is 36.4 Å². The van der Waals surface area contributed by atoms with Crippen molar-refractivity contribution in [2.75, 3.05) is 13.7 Å². The van der Waals surface area contributed by atoms with Gasteiger partial charge in [0, 0.05) is 18.6 Å². The fourth-order valence-corrected chi connectivity index (χ4v) is 2.90. The van der Waals surface area contributed by atoms with E-state index in [1.165, 1.54) is 24.1 Å². The van der Waals surface area contributed by atoms with E-state index in [4.69, 9.17) is 16.3 Å². The minimum atomic E-state index is -0.708. The minimum Gasteiger partial charge on any atom is -0.484 e. The van der Waals surface area contributed by atoms with Gasteiger partial charge in [0.25, 0.3) is 5.91 Å². The van der Waals surface area contributed by atoms with Gasteiger partial charge in [-0.2, -0.15) is 0 Å². The molecule has 5 nitrogen and oxygen atoms in total. The van der Waals surface area contributed by atoms with Crippen molar-refractivity contribution in [2.45, 2.75) is 33.4 Å². The lowest BCUT2D eigenvalue weighted by molar-refractivity contribution is -0.142. The maximum absolute atomic E-state index is 13.2. The van der Waals surface area contributed by atoms with Crippen LogP contribution < -0.4 is 10.1 Å². The maximum atomic E-state index is 13.2. The molecular formula is C21H24ClFN2O3. The second-order valence-electron chi connectivity index (χ2n) is 6.60. The smallest absolute Gasteiger partial charge is 0.261 e. The van der Waals surface area contributed by atoms with Gasteiger partial charge in [-0.15, -0.1) is 0 Å². The van der Waals surface area contributed by atoms with Gasteiger partial charge in [0.05, 0.1) is 0 Å². The number of carbonyl (C=O) groups is 2. The maximum Gasteiger partial charge on any atom is 0.261 e. The summed E-state index contributed by atoms with van der Waals surface area (Å²) in [7, 11) is 1.51. The molecule has 150 valence electrons. The number of ether oxygens (including phenoxy) is 1. The molecule has 0 aliphatic carbocycles. The summed E-state index contributed by atoms with van der Waals surface area (Å²) in [4.78, 5) is 26.3. The molecule has 0 aromatic heterocycles. The van der Waals surface area contributed by atoms with Crippen molar-refractivity contribution < 1.29 is 18.7 Å². The van der Waals surface area contributed by atoms with Crippen LogP contribution in [0.2, 0.25) is 5.02 Å². The number of rotatable bonds is 7. The summed E-state index contributed by atoms with van der Waals surface area (Å²) in [5.41, 5.74) is 2.42. The van der Waals surface area contributed by atoms with Gasteiger partial charge < -0.3 is 15.0 Å². The molecule has 2 amide bonds. The van der Waals surface area contributed by atoms with Crippen LogP contribution in [0.5, 0.6) is 5.75 Å². The van der Waals surface area contributed by atoms with Gasteiger partial charge in [-0.1, -0.05) is 23.7 Å². The van der Waals surface area contributed by atoms with E-state index in [0.717, 1.165) is 11.1 Å². The number of hydrogen-bond donors (Lipinski definition) is 1. The summed E-state index contributed by atoms with van der Waals surface area (Å²) in [5.74, 6) is -0.487. The van der Waals surface area contributed by atoms with E-state index >= 15 is 0 Å². The number of nitrogens with zero attached hydrogens (tertiary/aromatic N) is 1. The van der Waals surface area contributed by atoms with Crippen molar-refractivity contribution >= 4 is 23.4 Å². The second-order valence-corrected chi connectivity index (χ2v) is 6.98. The third-order valence-electron chi connectivity index (χ3n) is 4.45. The summed E-state index contributed by atoms with van der Waals surface area (Å²) in [5, 5.41) is 3.20. The lowest BCUT2D eigenvalue weighted by atomic mass is 10.1. The number of amides is 2. The highest BCUT2D eigenvalue weighted by Gasteiger charge is 2.26. The molecule has 0 bridgehead atoms. The van der Waals surface area contributed by atoms with E-state index < -0.39 is 6.04 Å². The zero-order chi connectivity index (χ0) is 20.8. The number of hydrogen-bond acceptors (Lipinski definition) is 3. The van der Waals surface area contributed by atoms with Crippen LogP contribution >= 0.6 is 11.6 Å². The predicted molar refractivity (Wildman–Crippen MR) is 107 cm³/mol. The number of benzene rings is 2. The summed E-state index contributed by atoms with van der Waals surface area (Å²) in [6.45, 7) is 5.28. The zero-order valence-corrected chi connectivity index (χ0v) is 17.1. The first kappa shape index (κ1) is 21.7. The molecule has 2 aromatic rings. The minimum absolute atomic E-state index is 0.162. The highest BCUT2D eigenvalue weighted by atomic mass is 35.5. The molecule has 0 saturated heterocycles. The quantitative estimate of drug-likeness (QED) is 0.763. The largest absolute Gasteiger partial charge is 0.484 e. The fourth-order valence-electron chi connectivity index (χ4n) is 2.80. The number of likely N-dealkylation sites (N-methyl/N-ethyl adjacent to an activating group) is 1. The molecule has 1 atom stereocenters. The van der Waals surface area contributed by atoms with Gasteiger partial charge >= 0.3 is 0 Å². The summed E-state index contributed by atoms with van der Waals surface area (Å²) >= 11 is 6.15. The SMILES string of the molecule is CNC(=O)[C@@H](C)N(Cc1ccc(F)cc1)C(=O)COc1cc(C)c(Cl)c(C)c1. The Labute approximate surface area is 169 Å². The van der Waals surface area contributed by atoms with Gasteiger partial charge in [0.15, 0.2) is 6.61 Å². The van der Waals surface area contributed by atoms with Crippen molar-refractivity contribution in [1.82, 2.24) is 10.2 Å². The number of nitrogens with one attached hydrogen (secondary N) is 1. The van der Waals surface area contributed by atoms with E-state index in [1.54, 1.807) is 31.2 Å². The van der Waals surface area contributed by atoms with E-state index in [-0.39, 0.29) is 30.8 Å². The molecule has 0 heterocycles. The topological polar surface area (TPSA) is 58.6 Å². The molecule has 1 N–H and O–H groups in total. The first-order valence-corrected chi connectivity index (χ1v) is 9.25. The standard InChI is InChI=1S/C21H24ClFN2O3/c1-13-9-18(10-14(2)20(13)22)28-12-19(26)25(15(3)21(27)24-4)11-16-5-7-17(23)8-6-16/h5-10,15H,11-12H2,1-4H3,(H,24,27)/t15-/m1/s1. The van der Waals surface area contributed by atoms with Gasteiger partial charge in [-0.3, -0.25) is 9.59 Å².